The van der Waals surface area contributed by atoms with E-state index >= 15 is 0 Å². The predicted molar refractivity (Wildman–Crippen MR) is 121 cm³/mol. The highest BCUT2D eigenvalue weighted by Crippen LogP contribution is 2.31. The van der Waals surface area contributed by atoms with Crippen LogP contribution in [0.4, 0.5) is 19.0 Å². The van der Waals surface area contributed by atoms with Gasteiger partial charge in [0.25, 0.3) is 11.8 Å². The Morgan fingerprint density at radius 2 is 1.66 bits per heavy atom. The number of hydrogen-bond donors (Lipinski definition) is 2. The van der Waals surface area contributed by atoms with Gasteiger partial charge < -0.3 is 20.3 Å². The van der Waals surface area contributed by atoms with Gasteiger partial charge in [0.05, 0.1) is 30.0 Å². The summed E-state index contributed by atoms with van der Waals surface area (Å²) >= 11 is 0. The first-order valence-electron chi connectivity index (χ1n) is 10.9. The molecule has 1 aliphatic rings. The van der Waals surface area contributed by atoms with Crippen molar-refractivity contribution in [2.45, 2.75) is 6.18 Å². The highest BCUT2D eigenvalue weighted by molar-refractivity contribution is 5.96. The van der Waals surface area contributed by atoms with Gasteiger partial charge in [-0.2, -0.15) is 18.3 Å². The molecule has 1 fully saturated rings. The van der Waals surface area contributed by atoms with Gasteiger partial charge in [-0.3, -0.25) is 9.59 Å². The molecule has 2 amide bonds. The van der Waals surface area contributed by atoms with Gasteiger partial charge in [0.1, 0.15) is 5.82 Å². The zero-order chi connectivity index (χ0) is 24.8. The van der Waals surface area contributed by atoms with Gasteiger partial charge in [-0.25, -0.2) is 9.67 Å². The Morgan fingerprint density at radius 3 is 2.29 bits per heavy atom. The number of ether oxygens (including phenoxy) is 1. The number of nitrogens with one attached hydrogen (secondary N) is 2. The number of pyridine rings is 1. The lowest BCUT2D eigenvalue weighted by molar-refractivity contribution is -0.141. The maximum Gasteiger partial charge on any atom is 0.435 e. The summed E-state index contributed by atoms with van der Waals surface area (Å²) in [7, 11) is 0. The Labute approximate surface area is 198 Å². The molecule has 2 aromatic heterocycles. The number of para-hydroxylation sites is 1. The van der Waals surface area contributed by atoms with Crippen LogP contribution in [-0.4, -0.2) is 66.0 Å². The molecule has 1 aliphatic heterocycles. The van der Waals surface area contributed by atoms with Gasteiger partial charge in [0, 0.05) is 38.6 Å². The number of aromatic nitrogens is 3. The van der Waals surface area contributed by atoms with Crippen LogP contribution in [0.15, 0.2) is 54.9 Å². The minimum Gasteiger partial charge on any atom is -0.378 e. The quantitative estimate of drug-likeness (QED) is 0.495. The lowest BCUT2D eigenvalue weighted by Crippen LogP contribution is -2.37. The molecular weight excluding hydrogens is 465 g/mol. The molecule has 1 saturated heterocycles. The molecular formula is C23H23F3N6O3. The van der Waals surface area contributed by atoms with Crippen LogP contribution in [-0.2, 0) is 10.9 Å². The average molecular weight is 488 g/mol. The smallest absolute Gasteiger partial charge is 0.378 e. The fourth-order valence-electron chi connectivity index (χ4n) is 3.51. The molecule has 0 spiro atoms. The van der Waals surface area contributed by atoms with Crippen LogP contribution < -0.4 is 15.5 Å². The van der Waals surface area contributed by atoms with E-state index in [9.17, 15) is 22.8 Å². The Hall–Kier alpha value is -3.93. The van der Waals surface area contributed by atoms with Gasteiger partial charge in [0.2, 0.25) is 0 Å². The average Bonchev–Trinajstić information content (AvgIpc) is 3.34. The minimum atomic E-state index is -4.80. The van der Waals surface area contributed by atoms with E-state index in [4.69, 9.17) is 4.74 Å². The number of carbonyl (C=O) groups is 2. The fourth-order valence-corrected chi connectivity index (χ4v) is 3.51. The summed E-state index contributed by atoms with van der Waals surface area (Å²) in [6.07, 6.45) is -2.32. The largest absolute Gasteiger partial charge is 0.435 e. The summed E-state index contributed by atoms with van der Waals surface area (Å²) < 4.78 is 46.6. The molecule has 0 atom stereocenters. The number of carbonyl (C=O) groups excluding carboxylic acids is 2. The zero-order valence-electron chi connectivity index (χ0n) is 18.6. The molecule has 12 heteroatoms. The number of benzene rings is 1. The first kappa shape index (κ1) is 24.2. The number of halogens is 3. The first-order chi connectivity index (χ1) is 16.8. The molecule has 0 bridgehead atoms. The Bertz CT molecular complexity index is 1160. The summed E-state index contributed by atoms with van der Waals surface area (Å²) in [4.78, 5) is 31.1. The fraction of sp³-hybridized carbons (Fsp3) is 0.304. The molecule has 0 aliphatic carbocycles. The van der Waals surface area contributed by atoms with Crippen LogP contribution in [0.5, 0.6) is 0 Å². The molecule has 0 saturated carbocycles. The molecule has 1 aromatic carbocycles. The van der Waals surface area contributed by atoms with E-state index in [0.717, 1.165) is 29.8 Å². The summed E-state index contributed by atoms with van der Waals surface area (Å²) in [6, 6.07) is 11.6. The van der Waals surface area contributed by atoms with Gasteiger partial charge in [-0.05, 0) is 24.3 Å². The Kier molecular flexibility index (Phi) is 7.30. The molecule has 4 rings (SSSR count). The normalized spacial score (nSPS) is 14.0. The number of nitrogens with zero attached hydrogens (tertiary/aromatic N) is 4. The number of morpholine rings is 1. The Morgan fingerprint density at radius 1 is 0.971 bits per heavy atom. The van der Waals surface area contributed by atoms with Crippen LogP contribution in [0.1, 0.15) is 26.4 Å². The molecule has 0 radical (unpaired) electrons. The van der Waals surface area contributed by atoms with E-state index in [1.54, 1.807) is 42.5 Å². The van der Waals surface area contributed by atoms with Gasteiger partial charge in [-0.15, -0.1) is 0 Å². The van der Waals surface area contributed by atoms with E-state index in [1.807, 2.05) is 0 Å². The lowest BCUT2D eigenvalue weighted by Gasteiger charge is -2.27. The zero-order valence-corrected chi connectivity index (χ0v) is 18.6. The third-order valence-electron chi connectivity index (χ3n) is 5.29. The number of amides is 2. The van der Waals surface area contributed by atoms with E-state index in [1.165, 1.54) is 6.20 Å². The summed E-state index contributed by atoms with van der Waals surface area (Å²) in [5.74, 6) is -0.605. The van der Waals surface area contributed by atoms with Crippen LogP contribution in [0.2, 0.25) is 0 Å². The summed E-state index contributed by atoms with van der Waals surface area (Å²) in [5, 5.41) is 8.56. The van der Waals surface area contributed by atoms with Crippen molar-refractivity contribution in [1.82, 2.24) is 25.4 Å². The second kappa shape index (κ2) is 10.6. The monoisotopic (exact) mass is 488 g/mol. The van der Waals surface area contributed by atoms with Crippen molar-refractivity contribution < 1.29 is 27.5 Å². The second-order valence-corrected chi connectivity index (χ2v) is 7.69. The molecule has 35 heavy (non-hydrogen) atoms. The SMILES string of the molecule is O=C(NCCNC(=O)c1cn(-c2ccccc2)nc1C(F)(F)F)c1ccc(N2CCOCC2)nc1. The van der Waals surface area contributed by atoms with E-state index in [-0.39, 0.29) is 13.1 Å². The third kappa shape index (κ3) is 5.96. The molecule has 2 N–H and O–H groups in total. The van der Waals surface area contributed by atoms with Gasteiger partial charge in [-0.1, -0.05) is 18.2 Å². The highest BCUT2D eigenvalue weighted by atomic mass is 19.4. The summed E-state index contributed by atoms with van der Waals surface area (Å²) in [6.45, 7) is 2.62. The van der Waals surface area contributed by atoms with E-state index in [2.05, 4.69) is 25.6 Å². The lowest BCUT2D eigenvalue weighted by atomic mass is 10.2. The maximum absolute atomic E-state index is 13.4. The van der Waals surface area contributed by atoms with Crippen LogP contribution >= 0.6 is 0 Å². The van der Waals surface area contributed by atoms with Crippen molar-refractivity contribution in [3.63, 3.8) is 0 Å². The maximum atomic E-state index is 13.4. The molecule has 3 aromatic rings. The molecule has 0 unspecified atom stereocenters. The number of anilines is 1. The van der Waals surface area contributed by atoms with Gasteiger partial charge in [0.15, 0.2) is 5.69 Å². The summed E-state index contributed by atoms with van der Waals surface area (Å²) in [5.41, 5.74) is -1.17. The molecule has 3 heterocycles. The van der Waals surface area contributed by atoms with Crippen molar-refractivity contribution in [3.8, 4) is 5.69 Å². The van der Waals surface area contributed by atoms with Crippen molar-refractivity contribution in [2.75, 3.05) is 44.3 Å². The van der Waals surface area contributed by atoms with Crippen molar-refractivity contribution >= 4 is 17.6 Å². The van der Waals surface area contributed by atoms with Crippen LogP contribution in [0.25, 0.3) is 5.69 Å². The number of alkyl halides is 3. The molecule has 9 nitrogen and oxygen atoms in total. The minimum absolute atomic E-state index is 0.0178. The third-order valence-corrected chi connectivity index (χ3v) is 5.29. The number of rotatable bonds is 7. The van der Waals surface area contributed by atoms with E-state index < -0.39 is 29.2 Å². The predicted octanol–water partition coefficient (Wildman–Crippen LogP) is 2.28. The van der Waals surface area contributed by atoms with Gasteiger partial charge >= 0.3 is 6.18 Å². The number of hydrogen-bond acceptors (Lipinski definition) is 6. The van der Waals surface area contributed by atoms with Crippen LogP contribution in [0.3, 0.4) is 0 Å². The van der Waals surface area contributed by atoms with Crippen LogP contribution in [0, 0.1) is 0 Å². The standard InChI is InChI=1S/C23H23F3N6O3/c24-23(25,26)20-18(15-32(30-20)17-4-2-1-3-5-17)22(34)28-9-8-27-21(33)16-6-7-19(29-14-16)31-10-12-35-13-11-31/h1-7,14-15H,8-13H2,(H,27,33)(H,28,34). The topological polar surface area (TPSA) is 101 Å². The molecule has 184 valence electrons. The first-order valence-corrected chi connectivity index (χ1v) is 10.9. The van der Waals surface area contributed by atoms with Crippen molar-refractivity contribution in [1.29, 1.82) is 0 Å². The van der Waals surface area contributed by atoms with Crippen molar-refractivity contribution in [3.05, 3.63) is 71.7 Å². The second-order valence-electron chi connectivity index (χ2n) is 7.69. The highest BCUT2D eigenvalue weighted by Gasteiger charge is 2.39. The Balaban J connectivity index is 1.32. The van der Waals surface area contributed by atoms with Crippen molar-refractivity contribution in [2.24, 2.45) is 0 Å². The van der Waals surface area contributed by atoms with E-state index in [0.29, 0.717) is 24.5 Å².